The summed E-state index contributed by atoms with van der Waals surface area (Å²) in [5.41, 5.74) is 5.62. The van der Waals surface area contributed by atoms with Gasteiger partial charge in [0.25, 0.3) is 0 Å². The Morgan fingerprint density at radius 1 is 1.22 bits per heavy atom. The second kappa shape index (κ2) is 9.51. The summed E-state index contributed by atoms with van der Waals surface area (Å²) in [5, 5.41) is 4.05. The van der Waals surface area contributed by atoms with Gasteiger partial charge in [0, 0.05) is 10.0 Å². The number of carbonyl (C=O) groups is 1. The van der Waals surface area contributed by atoms with E-state index in [0.717, 1.165) is 15.6 Å². The Balaban J connectivity index is 1.97. The van der Waals surface area contributed by atoms with Gasteiger partial charge in [0.15, 0.2) is 0 Å². The van der Waals surface area contributed by atoms with Crippen LogP contribution in [0.3, 0.4) is 0 Å². The molecule has 0 aromatic heterocycles. The summed E-state index contributed by atoms with van der Waals surface area (Å²) in [7, 11) is 0. The molecule has 27 heavy (non-hydrogen) atoms. The highest BCUT2D eigenvalue weighted by Crippen LogP contribution is 2.23. The molecule has 2 rings (SSSR count). The van der Waals surface area contributed by atoms with E-state index in [4.69, 9.17) is 4.74 Å². The smallest absolute Gasteiger partial charge is 0.244 e. The maximum atomic E-state index is 12.1. The predicted octanol–water partition coefficient (Wildman–Crippen LogP) is 5.00. The summed E-state index contributed by atoms with van der Waals surface area (Å²) in [6.07, 6.45) is 3.53. The molecule has 142 valence electrons. The summed E-state index contributed by atoms with van der Waals surface area (Å²) in [5.74, 6) is 0.507. The fraction of sp³-hybridized carbons (Fsp3) is 0.273. The van der Waals surface area contributed by atoms with Gasteiger partial charge in [-0.05, 0) is 34.7 Å². The normalized spacial score (nSPS) is 11.4. The van der Waals surface area contributed by atoms with E-state index in [9.17, 15) is 4.79 Å². The number of carbonyl (C=O) groups excluding carboxylic acids is 1. The van der Waals surface area contributed by atoms with Crippen LogP contribution in [0.1, 0.15) is 37.5 Å². The lowest BCUT2D eigenvalue weighted by molar-refractivity contribution is -0.120. The fourth-order valence-electron chi connectivity index (χ4n) is 2.42. The highest BCUT2D eigenvalue weighted by molar-refractivity contribution is 9.10. The topological polar surface area (TPSA) is 50.7 Å². The van der Waals surface area contributed by atoms with Crippen molar-refractivity contribution >= 4 is 28.1 Å². The van der Waals surface area contributed by atoms with Crippen LogP contribution in [0, 0.1) is 0 Å². The van der Waals surface area contributed by atoms with Gasteiger partial charge in [-0.1, -0.05) is 73.6 Å². The molecule has 0 atom stereocenters. The van der Waals surface area contributed by atoms with Gasteiger partial charge in [-0.15, -0.1) is 0 Å². The van der Waals surface area contributed by atoms with Gasteiger partial charge >= 0.3 is 0 Å². The van der Waals surface area contributed by atoms with E-state index in [1.165, 1.54) is 5.56 Å². The van der Waals surface area contributed by atoms with Crippen molar-refractivity contribution < 1.29 is 9.53 Å². The van der Waals surface area contributed by atoms with Gasteiger partial charge in [0.05, 0.1) is 12.6 Å². The molecule has 2 aromatic carbocycles. The summed E-state index contributed by atoms with van der Waals surface area (Å²) < 4.78 is 6.49. The largest absolute Gasteiger partial charge is 0.489 e. The highest BCUT2D eigenvalue weighted by Gasteiger charge is 2.13. The number of hydrogen-bond acceptors (Lipinski definition) is 3. The maximum absolute atomic E-state index is 12.1. The average Bonchev–Trinajstić information content (AvgIpc) is 2.61. The Bertz CT molecular complexity index is 821. The van der Waals surface area contributed by atoms with E-state index in [0.29, 0.717) is 12.4 Å². The van der Waals surface area contributed by atoms with E-state index < -0.39 is 0 Å². The molecule has 1 amide bonds. The van der Waals surface area contributed by atoms with Crippen LogP contribution in [0.4, 0.5) is 0 Å². The predicted molar refractivity (Wildman–Crippen MR) is 114 cm³/mol. The van der Waals surface area contributed by atoms with E-state index >= 15 is 0 Å². The zero-order chi connectivity index (χ0) is 19.9. The summed E-state index contributed by atoms with van der Waals surface area (Å²) in [4.78, 5) is 12.1. The molecule has 0 radical (unpaired) electrons. The molecule has 0 saturated carbocycles. The van der Waals surface area contributed by atoms with Crippen LogP contribution in [-0.2, 0) is 16.6 Å². The number of amides is 1. The van der Waals surface area contributed by atoms with Crippen molar-refractivity contribution in [3.63, 3.8) is 0 Å². The third-order valence-corrected chi connectivity index (χ3v) is 4.40. The maximum Gasteiger partial charge on any atom is 0.244 e. The molecular weight excluding hydrogens is 404 g/mol. The molecule has 0 aliphatic rings. The molecule has 0 spiro atoms. The molecule has 0 saturated heterocycles. The van der Waals surface area contributed by atoms with Crippen molar-refractivity contribution in [1.29, 1.82) is 0 Å². The number of halogens is 1. The SMILES string of the molecule is C=CCOc1ccc(Br)cc1/C=N\NC(=O)Cc1ccc(C(C)(C)C)cc1. The summed E-state index contributed by atoms with van der Waals surface area (Å²) in [6, 6.07) is 13.7. The van der Waals surface area contributed by atoms with E-state index in [-0.39, 0.29) is 17.7 Å². The summed E-state index contributed by atoms with van der Waals surface area (Å²) in [6.45, 7) is 10.5. The van der Waals surface area contributed by atoms with Crippen LogP contribution < -0.4 is 10.2 Å². The summed E-state index contributed by atoms with van der Waals surface area (Å²) >= 11 is 3.42. The molecule has 0 aliphatic carbocycles. The average molecular weight is 429 g/mol. The van der Waals surface area contributed by atoms with Gasteiger partial charge in [-0.3, -0.25) is 4.79 Å². The Morgan fingerprint density at radius 2 is 1.93 bits per heavy atom. The highest BCUT2D eigenvalue weighted by atomic mass is 79.9. The first-order valence-electron chi connectivity index (χ1n) is 8.74. The quantitative estimate of drug-likeness (QED) is 0.383. The zero-order valence-electron chi connectivity index (χ0n) is 16.0. The second-order valence-electron chi connectivity index (χ2n) is 7.20. The third kappa shape index (κ3) is 6.68. The number of hydrogen-bond donors (Lipinski definition) is 1. The van der Waals surface area contributed by atoms with Crippen LogP contribution in [0.25, 0.3) is 0 Å². The van der Waals surface area contributed by atoms with Crippen molar-refractivity contribution in [3.05, 3.63) is 76.3 Å². The lowest BCUT2D eigenvalue weighted by Crippen LogP contribution is -2.20. The van der Waals surface area contributed by atoms with Crippen molar-refractivity contribution in [2.24, 2.45) is 5.10 Å². The first-order chi connectivity index (χ1) is 12.8. The molecule has 2 aromatic rings. The van der Waals surface area contributed by atoms with Gasteiger partial charge < -0.3 is 4.74 Å². The van der Waals surface area contributed by atoms with E-state index in [2.05, 4.69) is 65.9 Å². The lowest BCUT2D eigenvalue weighted by atomic mass is 9.86. The minimum atomic E-state index is -0.168. The number of ether oxygens (including phenoxy) is 1. The van der Waals surface area contributed by atoms with Gasteiger partial charge in [0.1, 0.15) is 12.4 Å². The van der Waals surface area contributed by atoms with Crippen LogP contribution >= 0.6 is 15.9 Å². The van der Waals surface area contributed by atoms with Crippen molar-refractivity contribution in [1.82, 2.24) is 5.43 Å². The number of nitrogens with zero attached hydrogens (tertiary/aromatic N) is 1. The number of nitrogens with one attached hydrogen (secondary N) is 1. The number of benzene rings is 2. The Kier molecular flexibility index (Phi) is 7.36. The molecule has 0 unspecified atom stereocenters. The monoisotopic (exact) mass is 428 g/mol. The van der Waals surface area contributed by atoms with Crippen LogP contribution in [0.15, 0.2) is 64.7 Å². The Morgan fingerprint density at radius 3 is 2.56 bits per heavy atom. The van der Waals surface area contributed by atoms with Gasteiger partial charge in [0.2, 0.25) is 5.91 Å². The Labute approximate surface area is 169 Å². The third-order valence-electron chi connectivity index (χ3n) is 3.91. The Hall–Kier alpha value is -2.40. The zero-order valence-corrected chi connectivity index (χ0v) is 17.5. The molecule has 0 heterocycles. The second-order valence-corrected chi connectivity index (χ2v) is 8.11. The molecule has 0 bridgehead atoms. The standard InChI is InChI=1S/C22H25BrN2O2/c1-5-12-27-20-11-10-19(23)14-17(20)15-24-25-21(26)13-16-6-8-18(9-7-16)22(2,3)4/h5-11,14-15H,1,12-13H2,2-4H3,(H,25,26)/b24-15-. The van der Waals surface area contributed by atoms with Crippen molar-refractivity contribution in [3.8, 4) is 5.75 Å². The lowest BCUT2D eigenvalue weighted by Gasteiger charge is -2.19. The first kappa shape index (κ1) is 20.9. The minimum absolute atomic E-state index is 0.0976. The molecular formula is C22H25BrN2O2. The molecule has 0 aliphatic heterocycles. The molecule has 5 heteroatoms. The van der Waals surface area contributed by atoms with Crippen LogP contribution in [0.2, 0.25) is 0 Å². The fourth-order valence-corrected chi connectivity index (χ4v) is 2.80. The van der Waals surface area contributed by atoms with Crippen molar-refractivity contribution in [2.45, 2.75) is 32.6 Å². The molecule has 1 N–H and O–H groups in total. The minimum Gasteiger partial charge on any atom is -0.489 e. The van der Waals surface area contributed by atoms with E-state index in [1.807, 2.05) is 30.3 Å². The van der Waals surface area contributed by atoms with Gasteiger partial charge in [-0.25, -0.2) is 5.43 Å². The number of rotatable bonds is 7. The van der Waals surface area contributed by atoms with Gasteiger partial charge in [-0.2, -0.15) is 5.10 Å². The van der Waals surface area contributed by atoms with E-state index in [1.54, 1.807) is 12.3 Å². The molecule has 4 nitrogen and oxygen atoms in total. The molecule has 0 fully saturated rings. The van der Waals surface area contributed by atoms with Crippen LogP contribution in [0.5, 0.6) is 5.75 Å². The number of hydrazone groups is 1. The first-order valence-corrected chi connectivity index (χ1v) is 9.53. The van der Waals surface area contributed by atoms with Crippen molar-refractivity contribution in [2.75, 3.05) is 6.61 Å². The van der Waals surface area contributed by atoms with Crippen LogP contribution in [-0.4, -0.2) is 18.7 Å².